The van der Waals surface area contributed by atoms with E-state index in [0.29, 0.717) is 0 Å². The molecule has 0 radical (unpaired) electrons. The minimum atomic E-state index is -0.584. The maximum atomic E-state index is 11.2. The van der Waals surface area contributed by atoms with Crippen LogP contribution in [-0.2, 0) is 22.6 Å². The lowest BCUT2D eigenvalue weighted by Crippen LogP contribution is -2.28. The minimum Gasteiger partial charge on any atom is -0.496 e. The molecule has 1 unspecified atom stereocenters. The summed E-state index contributed by atoms with van der Waals surface area (Å²) in [5, 5.41) is 0. The quantitative estimate of drug-likeness (QED) is 0.791. The van der Waals surface area contributed by atoms with Gasteiger partial charge in [-0.15, -0.1) is 0 Å². The molecule has 2 N–H and O–H groups in total. The van der Waals surface area contributed by atoms with E-state index in [1.807, 2.05) is 18.2 Å². The first-order valence-electron chi connectivity index (χ1n) is 5.66. The van der Waals surface area contributed by atoms with Crippen molar-refractivity contribution in [2.24, 2.45) is 5.73 Å². The molecule has 94 valence electrons. The standard InChI is InChI=1S/C13H19NO3/c1-4-11-7-10(5-6-12(11)16-3)8-17-13(15)9(2)14/h5-7,9H,4,8,14H2,1-3H3. The van der Waals surface area contributed by atoms with E-state index in [1.54, 1.807) is 14.0 Å². The van der Waals surface area contributed by atoms with Crippen LogP contribution in [0, 0.1) is 0 Å². The number of hydrogen-bond acceptors (Lipinski definition) is 4. The van der Waals surface area contributed by atoms with Crippen molar-refractivity contribution in [1.29, 1.82) is 0 Å². The number of aryl methyl sites for hydroxylation is 1. The van der Waals surface area contributed by atoms with Crippen LogP contribution < -0.4 is 10.5 Å². The van der Waals surface area contributed by atoms with Gasteiger partial charge in [-0.05, 0) is 36.6 Å². The van der Waals surface area contributed by atoms with Gasteiger partial charge < -0.3 is 15.2 Å². The second kappa shape index (κ2) is 6.25. The number of nitrogens with two attached hydrogens (primary N) is 1. The molecule has 0 amide bonds. The molecule has 0 aliphatic carbocycles. The molecule has 0 aliphatic rings. The average molecular weight is 237 g/mol. The van der Waals surface area contributed by atoms with Gasteiger partial charge in [-0.3, -0.25) is 4.79 Å². The first-order valence-corrected chi connectivity index (χ1v) is 5.66. The Bertz CT molecular complexity index is 388. The molecular weight excluding hydrogens is 218 g/mol. The number of esters is 1. The molecule has 0 heterocycles. The van der Waals surface area contributed by atoms with E-state index in [9.17, 15) is 4.79 Å². The van der Waals surface area contributed by atoms with Crippen molar-refractivity contribution in [2.75, 3.05) is 7.11 Å². The van der Waals surface area contributed by atoms with Crippen molar-refractivity contribution in [3.05, 3.63) is 29.3 Å². The van der Waals surface area contributed by atoms with Gasteiger partial charge in [0.1, 0.15) is 18.4 Å². The van der Waals surface area contributed by atoms with Crippen LogP contribution in [0.1, 0.15) is 25.0 Å². The molecule has 0 aliphatic heterocycles. The summed E-state index contributed by atoms with van der Waals surface area (Å²) >= 11 is 0. The van der Waals surface area contributed by atoms with Crippen molar-refractivity contribution in [3.8, 4) is 5.75 Å². The molecule has 0 saturated heterocycles. The molecule has 17 heavy (non-hydrogen) atoms. The molecule has 0 bridgehead atoms. The Morgan fingerprint density at radius 2 is 2.18 bits per heavy atom. The van der Waals surface area contributed by atoms with E-state index < -0.39 is 6.04 Å². The van der Waals surface area contributed by atoms with Crippen LogP contribution in [0.4, 0.5) is 0 Å². The molecule has 4 heteroatoms. The SMILES string of the molecule is CCc1cc(COC(=O)C(C)N)ccc1OC. The van der Waals surface area contributed by atoms with Crippen LogP contribution in [-0.4, -0.2) is 19.1 Å². The first-order chi connectivity index (χ1) is 8.08. The number of benzene rings is 1. The second-order valence-electron chi connectivity index (χ2n) is 3.90. The molecule has 1 rings (SSSR count). The molecule has 1 aromatic rings. The Labute approximate surface area is 102 Å². The maximum Gasteiger partial charge on any atom is 0.322 e. The predicted molar refractivity (Wildman–Crippen MR) is 65.8 cm³/mol. The Kier molecular flexibility index (Phi) is 4.97. The number of carbonyl (C=O) groups excluding carboxylic acids is 1. The molecule has 0 fully saturated rings. The number of carbonyl (C=O) groups is 1. The summed E-state index contributed by atoms with van der Waals surface area (Å²) in [6.07, 6.45) is 0.873. The lowest BCUT2D eigenvalue weighted by atomic mass is 10.1. The number of hydrogen-bond donors (Lipinski definition) is 1. The van der Waals surface area contributed by atoms with Gasteiger partial charge in [-0.25, -0.2) is 0 Å². The summed E-state index contributed by atoms with van der Waals surface area (Å²) in [5.41, 5.74) is 7.45. The minimum absolute atomic E-state index is 0.247. The van der Waals surface area contributed by atoms with Crippen LogP contribution in [0.15, 0.2) is 18.2 Å². The zero-order valence-electron chi connectivity index (χ0n) is 10.5. The van der Waals surface area contributed by atoms with E-state index >= 15 is 0 Å². The summed E-state index contributed by atoms with van der Waals surface area (Å²) < 4.78 is 10.3. The Hall–Kier alpha value is -1.55. The number of ether oxygens (including phenoxy) is 2. The van der Waals surface area contributed by atoms with E-state index in [-0.39, 0.29) is 12.6 Å². The van der Waals surface area contributed by atoms with Crippen molar-refractivity contribution in [3.63, 3.8) is 0 Å². The topological polar surface area (TPSA) is 61.5 Å². The summed E-state index contributed by atoms with van der Waals surface area (Å²) in [6, 6.07) is 5.16. The zero-order valence-corrected chi connectivity index (χ0v) is 10.5. The zero-order chi connectivity index (χ0) is 12.8. The van der Waals surface area contributed by atoms with E-state index in [0.717, 1.165) is 23.3 Å². The Morgan fingerprint density at radius 1 is 1.47 bits per heavy atom. The molecule has 4 nitrogen and oxygen atoms in total. The summed E-state index contributed by atoms with van der Waals surface area (Å²) in [7, 11) is 1.64. The van der Waals surface area contributed by atoms with E-state index in [4.69, 9.17) is 15.2 Å². The lowest BCUT2D eigenvalue weighted by molar-refractivity contribution is -0.146. The molecule has 0 spiro atoms. The number of rotatable bonds is 5. The largest absolute Gasteiger partial charge is 0.496 e. The monoisotopic (exact) mass is 237 g/mol. The number of methoxy groups -OCH3 is 1. The highest BCUT2D eigenvalue weighted by molar-refractivity contribution is 5.74. The Morgan fingerprint density at radius 3 is 2.71 bits per heavy atom. The van der Waals surface area contributed by atoms with Gasteiger partial charge in [0.2, 0.25) is 0 Å². The third-order valence-electron chi connectivity index (χ3n) is 2.48. The summed E-state index contributed by atoms with van der Waals surface area (Å²) in [5.74, 6) is 0.466. The molecule has 1 atom stereocenters. The fourth-order valence-electron chi connectivity index (χ4n) is 1.48. The molecule has 0 saturated carbocycles. The molecular formula is C13H19NO3. The normalized spacial score (nSPS) is 12.0. The highest BCUT2D eigenvalue weighted by Crippen LogP contribution is 2.20. The van der Waals surface area contributed by atoms with Crippen molar-refractivity contribution in [2.45, 2.75) is 32.9 Å². The van der Waals surface area contributed by atoms with Crippen molar-refractivity contribution >= 4 is 5.97 Å². The van der Waals surface area contributed by atoms with Crippen LogP contribution in [0.25, 0.3) is 0 Å². The van der Waals surface area contributed by atoms with Crippen LogP contribution in [0.2, 0.25) is 0 Å². The second-order valence-corrected chi connectivity index (χ2v) is 3.90. The van der Waals surface area contributed by atoms with Crippen molar-refractivity contribution < 1.29 is 14.3 Å². The molecule has 1 aromatic carbocycles. The summed E-state index contributed by atoms with van der Waals surface area (Å²) in [6.45, 7) is 3.90. The van der Waals surface area contributed by atoms with Gasteiger partial charge in [0.05, 0.1) is 7.11 Å². The van der Waals surface area contributed by atoms with Gasteiger partial charge in [0, 0.05) is 0 Å². The van der Waals surface area contributed by atoms with Gasteiger partial charge in [0.15, 0.2) is 0 Å². The smallest absolute Gasteiger partial charge is 0.322 e. The highest BCUT2D eigenvalue weighted by Gasteiger charge is 2.09. The van der Waals surface area contributed by atoms with Gasteiger partial charge in [-0.1, -0.05) is 13.0 Å². The van der Waals surface area contributed by atoms with Gasteiger partial charge >= 0.3 is 5.97 Å². The van der Waals surface area contributed by atoms with Crippen LogP contribution >= 0.6 is 0 Å². The molecule has 0 aromatic heterocycles. The Balaban J connectivity index is 2.69. The van der Waals surface area contributed by atoms with Gasteiger partial charge in [0.25, 0.3) is 0 Å². The van der Waals surface area contributed by atoms with Gasteiger partial charge in [-0.2, -0.15) is 0 Å². The van der Waals surface area contributed by atoms with Crippen LogP contribution in [0.3, 0.4) is 0 Å². The average Bonchev–Trinajstić information content (AvgIpc) is 2.35. The van der Waals surface area contributed by atoms with E-state index in [2.05, 4.69) is 6.92 Å². The predicted octanol–water partition coefficient (Wildman–Crippen LogP) is 1.65. The fraction of sp³-hybridized carbons (Fsp3) is 0.462. The summed E-state index contributed by atoms with van der Waals surface area (Å²) in [4.78, 5) is 11.2. The highest BCUT2D eigenvalue weighted by atomic mass is 16.5. The maximum absolute atomic E-state index is 11.2. The van der Waals surface area contributed by atoms with E-state index in [1.165, 1.54) is 0 Å². The fourth-order valence-corrected chi connectivity index (χ4v) is 1.48. The third kappa shape index (κ3) is 3.75. The first kappa shape index (κ1) is 13.5. The lowest BCUT2D eigenvalue weighted by Gasteiger charge is -2.10. The third-order valence-corrected chi connectivity index (χ3v) is 2.48. The van der Waals surface area contributed by atoms with Crippen molar-refractivity contribution in [1.82, 2.24) is 0 Å². The van der Waals surface area contributed by atoms with Crippen LogP contribution in [0.5, 0.6) is 5.75 Å².